The first-order valence-electron chi connectivity index (χ1n) is 6.33. The molecular weight excluding hydrogens is 156 g/mol. The molecule has 0 aromatic heterocycles. The van der Waals surface area contributed by atoms with E-state index in [1.807, 2.05) is 0 Å². The molecule has 1 aliphatic carbocycles. The minimum absolute atomic E-state index is 1.34. The largest absolute Gasteiger partial charge is 0.0654 e. The van der Waals surface area contributed by atoms with Gasteiger partial charge < -0.3 is 0 Å². The average Bonchev–Trinajstić information content (AvgIpc) is 2.94. The van der Waals surface area contributed by atoms with E-state index in [0.29, 0.717) is 0 Å². The first-order chi connectivity index (χ1) is 6.33. The fourth-order valence-corrected chi connectivity index (χ4v) is 0.707. The van der Waals surface area contributed by atoms with E-state index in [9.17, 15) is 0 Å². The van der Waals surface area contributed by atoms with E-state index in [1.165, 1.54) is 57.8 Å². The maximum Gasteiger partial charge on any atom is -0.0533 e. The van der Waals surface area contributed by atoms with Crippen molar-refractivity contribution in [3.8, 4) is 0 Å². The van der Waals surface area contributed by atoms with Crippen molar-refractivity contribution in [1.29, 1.82) is 0 Å². The van der Waals surface area contributed by atoms with Crippen LogP contribution in [0.25, 0.3) is 0 Å². The Kier molecular flexibility index (Phi) is 21.3. The Bertz CT molecular complexity index is 42.3. The van der Waals surface area contributed by atoms with Crippen LogP contribution in [-0.2, 0) is 0 Å². The number of rotatable bonds is 4. The molecule has 0 bridgehead atoms. The van der Waals surface area contributed by atoms with Crippen LogP contribution in [0.4, 0.5) is 0 Å². The van der Waals surface area contributed by atoms with Gasteiger partial charge in [0.15, 0.2) is 0 Å². The molecule has 0 nitrogen and oxygen atoms in total. The zero-order chi connectivity index (χ0) is 10.4. The molecular formula is C13H30. The van der Waals surface area contributed by atoms with Crippen LogP contribution in [0.2, 0.25) is 0 Å². The van der Waals surface area contributed by atoms with Crippen molar-refractivity contribution >= 4 is 0 Å². The number of hydrogen-bond donors (Lipinski definition) is 0. The molecule has 13 heavy (non-hydrogen) atoms. The lowest BCUT2D eigenvalue weighted by Gasteiger charge is -1.79. The highest BCUT2D eigenvalue weighted by Crippen LogP contribution is 2.14. The smallest absolute Gasteiger partial charge is 0.0533 e. The molecule has 1 aliphatic rings. The van der Waals surface area contributed by atoms with Crippen LogP contribution in [0.5, 0.6) is 0 Å². The van der Waals surface area contributed by atoms with Gasteiger partial charge in [-0.2, -0.15) is 0 Å². The summed E-state index contributed by atoms with van der Waals surface area (Å²) in [6.45, 7) is 8.85. The van der Waals surface area contributed by atoms with Crippen molar-refractivity contribution in [2.75, 3.05) is 0 Å². The Hall–Kier alpha value is 0. The molecule has 1 rings (SSSR count). The lowest BCUT2D eigenvalue weighted by molar-refractivity contribution is 0.772. The Morgan fingerprint density at radius 2 is 0.769 bits per heavy atom. The second kappa shape index (κ2) is 17.9. The highest BCUT2D eigenvalue weighted by molar-refractivity contribution is 4.50. The summed E-state index contributed by atoms with van der Waals surface area (Å²) in [7, 11) is 0. The van der Waals surface area contributed by atoms with E-state index in [4.69, 9.17) is 0 Å². The highest BCUT2D eigenvalue weighted by atomic mass is 14.0. The minimum Gasteiger partial charge on any atom is -0.0654 e. The fraction of sp³-hybridized carbons (Fsp3) is 1.00. The maximum absolute atomic E-state index is 2.21. The summed E-state index contributed by atoms with van der Waals surface area (Å²) in [4.78, 5) is 0. The fourth-order valence-electron chi connectivity index (χ4n) is 0.707. The quantitative estimate of drug-likeness (QED) is 0.539. The summed E-state index contributed by atoms with van der Waals surface area (Å²) >= 11 is 0. The molecule has 82 valence electrons. The third-order valence-corrected chi connectivity index (χ3v) is 1.77. The predicted molar refractivity (Wildman–Crippen MR) is 64.2 cm³/mol. The molecule has 0 aromatic carbocycles. The molecule has 0 atom stereocenters. The second-order valence-corrected chi connectivity index (χ2v) is 3.77. The van der Waals surface area contributed by atoms with Gasteiger partial charge in [-0.1, -0.05) is 85.5 Å². The zero-order valence-corrected chi connectivity index (χ0v) is 10.4. The number of unbranched alkanes of at least 4 members (excludes halogenated alkanes) is 4. The van der Waals surface area contributed by atoms with Crippen molar-refractivity contribution < 1.29 is 0 Å². The zero-order valence-electron chi connectivity index (χ0n) is 10.4. The van der Waals surface area contributed by atoms with Gasteiger partial charge in [0.2, 0.25) is 0 Å². The van der Waals surface area contributed by atoms with Gasteiger partial charge in [0, 0.05) is 0 Å². The normalized spacial score (nSPS) is 12.0. The second-order valence-electron chi connectivity index (χ2n) is 3.77. The van der Waals surface area contributed by atoms with Crippen molar-refractivity contribution in [3.63, 3.8) is 0 Å². The monoisotopic (exact) mass is 186 g/mol. The van der Waals surface area contributed by atoms with Gasteiger partial charge in [0.05, 0.1) is 0 Å². The SMILES string of the molecule is C1CC1.CCCCC.CCCCC. The average molecular weight is 186 g/mol. The topological polar surface area (TPSA) is 0 Å². The van der Waals surface area contributed by atoms with Gasteiger partial charge in [0.1, 0.15) is 0 Å². The van der Waals surface area contributed by atoms with E-state index in [-0.39, 0.29) is 0 Å². The molecule has 0 spiro atoms. The molecule has 1 saturated carbocycles. The van der Waals surface area contributed by atoms with E-state index >= 15 is 0 Å². The molecule has 1 fully saturated rings. The van der Waals surface area contributed by atoms with E-state index in [0.717, 1.165) is 0 Å². The lowest BCUT2D eigenvalue weighted by atomic mass is 10.3. The van der Waals surface area contributed by atoms with Crippen LogP contribution in [-0.4, -0.2) is 0 Å². The van der Waals surface area contributed by atoms with Crippen LogP contribution in [0.3, 0.4) is 0 Å². The molecule has 0 aromatic rings. The first kappa shape index (κ1) is 15.5. The van der Waals surface area contributed by atoms with Crippen LogP contribution < -0.4 is 0 Å². The van der Waals surface area contributed by atoms with Gasteiger partial charge in [-0.3, -0.25) is 0 Å². The molecule has 0 heterocycles. The van der Waals surface area contributed by atoms with Crippen LogP contribution in [0.15, 0.2) is 0 Å². The first-order valence-corrected chi connectivity index (χ1v) is 6.33. The summed E-state index contributed by atoms with van der Waals surface area (Å²) < 4.78 is 0. The summed E-state index contributed by atoms with van der Waals surface area (Å²) in [5, 5.41) is 0. The molecule has 0 N–H and O–H groups in total. The minimum atomic E-state index is 1.34. The van der Waals surface area contributed by atoms with Gasteiger partial charge in [0.25, 0.3) is 0 Å². The van der Waals surface area contributed by atoms with Crippen LogP contribution in [0.1, 0.15) is 85.5 Å². The summed E-state index contributed by atoms with van der Waals surface area (Å²) in [6.07, 6.45) is 12.7. The highest BCUT2D eigenvalue weighted by Gasteiger charge is 1.95. The van der Waals surface area contributed by atoms with Crippen molar-refractivity contribution in [3.05, 3.63) is 0 Å². The van der Waals surface area contributed by atoms with E-state index in [1.54, 1.807) is 0 Å². The Balaban J connectivity index is 0. The molecule has 0 unspecified atom stereocenters. The maximum atomic E-state index is 2.21. The van der Waals surface area contributed by atoms with Gasteiger partial charge in [-0.25, -0.2) is 0 Å². The lowest BCUT2D eigenvalue weighted by Crippen LogP contribution is -1.59. The van der Waals surface area contributed by atoms with Crippen LogP contribution in [0, 0.1) is 0 Å². The molecule has 0 heteroatoms. The molecule has 0 radical (unpaired) electrons. The van der Waals surface area contributed by atoms with Gasteiger partial charge in [-0.05, 0) is 0 Å². The summed E-state index contributed by atoms with van der Waals surface area (Å²) in [5.41, 5.74) is 0. The number of hydrogen-bond acceptors (Lipinski definition) is 0. The van der Waals surface area contributed by atoms with Crippen molar-refractivity contribution in [1.82, 2.24) is 0 Å². The summed E-state index contributed by atoms with van der Waals surface area (Å²) in [5.74, 6) is 0. The Morgan fingerprint density at radius 3 is 0.769 bits per heavy atom. The molecule has 0 aliphatic heterocycles. The van der Waals surface area contributed by atoms with Crippen molar-refractivity contribution in [2.45, 2.75) is 85.5 Å². The standard InChI is InChI=1S/2C5H12.C3H6/c2*1-3-5-4-2;1-2-3-1/h2*3-5H2,1-2H3;1-3H2. The van der Waals surface area contributed by atoms with Crippen LogP contribution >= 0.6 is 0 Å². The van der Waals surface area contributed by atoms with E-state index < -0.39 is 0 Å². The summed E-state index contributed by atoms with van der Waals surface area (Å²) in [6, 6.07) is 0. The predicted octanol–water partition coefficient (Wildman–Crippen LogP) is 5.56. The Labute approximate surface area is 86.1 Å². The third-order valence-electron chi connectivity index (χ3n) is 1.77. The molecule has 0 amide bonds. The Morgan fingerprint density at radius 1 is 0.538 bits per heavy atom. The van der Waals surface area contributed by atoms with E-state index in [2.05, 4.69) is 27.7 Å². The van der Waals surface area contributed by atoms with Gasteiger partial charge >= 0.3 is 0 Å². The molecule has 0 saturated heterocycles. The van der Waals surface area contributed by atoms with Crippen molar-refractivity contribution in [2.24, 2.45) is 0 Å². The third kappa shape index (κ3) is 48.0. The van der Waals surface area contributed by atoms with Gasteiger partial charge in [-0.15, -0.1) is 0 Å².